The first-order chi connectivity index (χ1) is 16.8. The third kappa shape index (κ3) is 7.05. The number of amides is 2. The van der Waals surface area contributed by atoms with Gasteiger partial charge in [0.05, 0.1) is 23.9 Å². The first-order valence-electron chi connectivity index (χ1n) is 10.3. The summed E-state index contributed by atoms with van der Waals surface area (Å²) < 4.78 is 11.1. The van der Waals surface area contributed by atoms with Crippen LogP contribution in [0.2, 0.25) is 5.02 Å². The van der Waals surface area contributed by atoms with Gasteiger partial charge in [0.1, 0.15) is 6.61 Å². The number of benzene rings is 3. The summed E-state index contributed by atoms with van der Waals surface area (Å²) in [4.78, 5) is 34.5. The molecule has 35 heavy (non-hydrogen) atoms. The molecule has 180 valence electrons. The van der Waals surface area contributed by atoms with Crippen molar-refractivity contribution in [3.8, 4) is 11.5 Å². The Morgan fingerprint density at radius 2 is 1.80 bits per heavy atom. The van der Waals surface area contributed by atoms with Gasteiger partial charge in [-0.05, 0) is 59.7 Å². The zero-order valence-electron chi connectivity index (χ0n) is 18.9. The Morgan fingerprint density at radius 1 is 1.06 bits per heavy atom. The number of carbonyl (C=O) groups is 3. The van der Waals surface area contributed by atoms with E-state index in [1.807, 2.05) is 0 Å². The summed E-state index contributed by atoms with van der Waals surface area (Å²) in [5.41, 5.74) is 4.72. The molecule has 0 bridgehead atoms. The number of anilines is 1. The maximum Gasteiger partial charge on any atom is 0.335 e. The van der Waals surface area contributed by atoms with E-state index >= 15 is 0 Å². The molecule has 0 aromatic heterocycles. The second-order valence-electron chi connectivity index (χ2n) is 7.29. The van der Waals surface area contributed by atoms with Gasteiger partial charge in [0.15, 0.2) is 11.5 Å². The van der Waals surface area contributed by atoms with Gasteiger partial charge in [-0.2, -0.15) is 5.10 Å². The molecule has 0 saturated carbocycles. The maximum atomic E-state index is 12.3. The van der Waals surface area contributed by atoms with Gasteiger partial charge in [0.25, 0.3) is 5.91 Å². The second kappa shape index (κ2) is 11.7. The summed E-state index contributed by atoms with van der Waals surface area (Å²) >= 11 is 6.37. The van der Waals surface area contributed by atoms with E-state index in [2.05, 4.69) is 15.8 Å². The molecule has 0 radical (unpaired) electrons. The standard InChI is InChI=1S/C25H22ClN3O6/c1-15(30)28-20-8-6-18(7-9-20)24(31)29-27-13-17-11-21(26)23(22(12-17)34-2)35-14-16-4-3-5-19(10-16)25(32)33/h3-13H,14H2,1-2H3,(H,28,30)(H,29,31)(H,32,33)/b27-13-. The minimum Gasteiger partial charge on any atom is -0.493 e. The number of carboxylic acids is 1. The van der Waals surface area contributed by atoms with Crippen LogP contribution in [0.5, 0.6) is 11.5 Å². The third-order valence-corrected chi connectivity index (χ3v) is 4.94. The molecule has 3 N–H and O–H groups in total. The Morgan fingerprint density at radius 3 is 2.46 bits per heavy atom. The summed E-state index contributed by atoms with van der Waals surface area (Å²) in [6.45, 7) is 1.48. The van der Waals surface area contributed by atoms with Gasteiger partial charge in [-0.15, -0.1) is 0 Å². The molecule has 0 saturated heterocycles. The number of rotatable bonds is 9. The number of methoxy groups -OCH3 is 1. The van der Waals surface area contributed by atoms with Gasteiger partial charge in [0, 0.05) is 18.2 Å². The first-order valence-corrected chi connectivity index (χ1v) is 10.7. The van der Waals surface area contributed by atoms with E-state index in [4.69, 9.17) is 26.2 Å². The van der Waals surface area contributed by atoms with Crippen LogP contribution in [-0.4, -0.2) is 36.2 Å². The lowest BCUT2D eigenvalue weighted by Crippen LogP contribution is -2.17. The Labute approximate surface area is 206 Å². The molecule has 9 nitrogen and oxygen atoms in total. The molecule has 0 unspecified atom stereocenters. The van der Waals surface area contributed by atoms with Crippen molar-refractivity contribution in [1.82, 2.24) is 5.43 Å². The number of carboxylic acid groups (broad SMARTS) is 1. The molecular weight excluding hydrogens is 474 g/mol. The molecule has 10 heteroatoms. The lowest BCUT2D eigenvalue weighted by Gasteiger charge is -2.13. The predicted molar refractivity (Wildman–Crippen MR) is 132 cm³/mol. The topological polar surface area (TPSA) is 126 Å². The quantitative estimate of drug-likeness (QED) is 0.299. The predicted octanol–water partition coefficient (Wildman–Crippen LogP) is 4.35. The molecule has 3 rings (SSSR count). The number of nitrogens with one attached hydrogen (secondary N) is 2. The Bertz CT molecular complexity index is 1270. The molecule has 3 aromatic carbocycles. The molecule has 0 aliphatic carbocycles. The average molecular weight is 496 g/mol. The van der Waals surface area contributed by atoms with Crippen LogP contribution >= 0.6 is 11.6 Å². The number of hydrazone groups is 1. The van der Waals surface area contributed by atoms with E-state index in [9.17, 15) is 14.4 Å². The Balaban J connectivity index is 1.66. The molecule has 0 aliphatic heterocycles. The highest BCUT2D eigenvalue weighted by molar-refractivity contribution is 6.32. The fraction of sp³-hybridized carbons (Fsp3) is 0.120. The Kier molecular flexibility index (Phi) is 8.42. The van der Waals surface area contributed by atoms with Crippen LogP contribution in [0.3, 0.4) is 0 Å². The number of halogens is 1. The fourth-order valence-electron chi connectivity index (χ4n) is 3.04. The zero-order chi connectivity index (χ0) is 25.4. The first kappa shape index (κ1) is 25.3. The van der Waals surface area contributed by atoms with Gasteiger partial charge in [-0.1, -0.05) is 23.7 Å². The van der Waals surface area contributed by atoms with E-state index in [1.54, 1.807) is 48.5 Å². The smallest absolute Gasteiger partial charge is 0.335 e. The molecule has 0 atom stereocenters. The van der Waals surface area contributed by atoms with Crippen molar-refractivity contribution in [2.75, 3.05) is 12.4 Å². The van der Waals surface area contributed by atoms with Crippen LogP contribution in [-0.2, 0) is 11.4 Å². The molecule has 2 amide bonds. The van der Waals surface area contributed by atoms with E-state index in [0.717, 1.165) is 0 Å². The van der Waals surface area contributed by atoms with Gasteiger partial charge in [-0.3, -0.25) is 9.59 Å². The normalized spacial score (nSPS) is 10.6. The number of ether oxygens (including phenoxy) is 2. The van der Waals surface area contributed by atoms with Gasteiger partial charge in [0.2, 0.25) is 5.91 Å². The molecule has 0 heterocycles. The van der Waals surface area contributed by atoms with Crippen molar-refractivity contribution in [3.05, 3.63) is 87.9 Å². The summed E-state index contributed by atoms with van der Waals surface area (Å²) in [5.74, 6) is -1.04. The average Bonchev–Trinajstić information content (AvgIpc) is 2.83. The maximum absolute atomic E-state index is 12.3. The number of aromatic carboxylic acids is 1. The second-order valence-corrected chi connectivity index (χ2v) is 7.69. The Hall–Kier alpha value is -4.37. The number of hydrogen-bond donors (Lipinski definition) is 3. The lowest BCUT2D eigenvalue weighted by atomic mass is 10.1. The zero-order valence-corrected chi connectivity index (χ0v) is 19.6. The lowest BCUT2D eigenvalue weighted by molar-refractivity contribution is -0.114. The van der Waals surface area contributed by atoms with Crippen LogP contribution in [0, 0.1) is 0 Å². The monoisotopic (exact) mass is 495 g/mol. The minimum atomic E-state index is -1.03. The summed E-state index contributed by atoms with van der Waals surface area (Å²) in [6.07, 6.45) is 1.40. The number of nitrogens with zero attached hydrogens (tertiary/aromatic N) is 1. The molecule has 3 aromatic rings. The van der Waals surface area contributed by atoms with Crippen molar-refractivity contribution in [2.24, 2.45) is 5.10 Å². The van der Waals surface area contributed by atoms with Crippen LogP contribution in [0.4, 0.5) is 5.69 Å². The summed E-state index contributed by atoms with van der Waals surface area (Å²) in [5, 5.41) is 15.9. The van der Waals surface area contributed by atoms with Gasteiger partial charge >= 0.3 is 5.97 Å². The van der Waals surface area contributed by atoms with E-state index < -0.39 is 11.9 Å². The highest BCUT2D eigenvalue weighted by atomic mass is 35.5. The van der Waals surface area contributed by atoms with E-state index in [0.29, 0.717) is 28.1 Å². The molecular formula is C25H22ClN3O6. The summed E-state index contributed by atoms with van der Waals surface area (Å²) in [6, 6.07) is 16.0. The number of carbonyl (C=O) groups excluding carboxylic acids is 2. The highest BCUT2D eigenvalue weighted by Gasteiger charge is 2.13. The van der Waals surface area contributed by atoms with Gasteiger partial charge in [-0.25, -0.2) is 10.2 Å². The molecule has 0 aliphatic rings. The highest BCUT2D eigenvalue weighted by Crippen LogP contribution is 2.36. The fourth-order valence-corrected chi connectivity index (χ4v) is 3.32. The van der Waals surface area contributed by atoms with Crippen molar-refractivity contribution in [3.63, 3.8) is 0 Å². The largest absolute Gasteiger partial charge is 0.493 e. The van der Waals surface area contributed by atoms with Crippen molar-refractivity contribution >= 4 is 41.3 Å². The van der Waals surface area contributed by atoms with E-state index in [-0.39, 0.29) is 28.8 Å². The molecule has 0 spiro atoms. The van der Waals surface area contributed by atoms with Crippen LogP contribution in [0.15, 0.2) is 65.8 Å². The number of hydrogen-bond acceptors (Lipinski definition) is 6. The van der Waals surface area contributed by atoms with Crippen LogP contribution in [0.1, 0.15) is 38.8 Å². The van der Waals surface area contributed by atoms with E-state index in [1.165, 1.54) is 32.4 Å². The van der Waals surface area contributed by atoms with Crippen LogP contribution in [0.25, 0.3) is 0 Å². The van der Waals surface area contributed by atoms with Crippen molar-refractivity contribution in [1.29, 1.82) is 0 Å². The van der Waals surface area contributed by atoms with Crippen LogP contribution < -0.4 is 20.2 Å². The van der Waals surface area contributed by atoms with Gasteiger partial charge < -0.3 is 19.9 Å². The molecule has 0 fully saturated rings. The van der Waals surface area contributed by atoms with Crippen molar-refractivity contribution in [2.45, 2.75) is 13.5 Å². The minimum absolute atomic E-state index is 0.0847. The van der Waals surface area contributed by atoms with Crippen molar-refractivity contribution < 1.29 is 29.0 Å². The SMILES string of the molecule is COc1cc(/C=N\NC(=O)c2ccc(NC(C)=O)cc2)cc(Cl)c1OCc1cccc(C(=O)O)c1. The third-order valence-electron chi connectivity index (χ3n) is 4.66. The summed E-state index contributed by atoms with van der Waals surface area (Å²) in [7, 11) is 1.46.